The molecule has 1 amide bonds. The molecule has 1 N–H and O–H groups in total. The van der Waals surface area contributed by atoms with Crippen molar-refractivity contribution in [3.63, 3.8) is 0 Å². The molecular weight excluding hydrogens is 427 g/mol. The Labute approximate surface area is 173 Å². The van der Waals surface area contributed by atoms with Gasteiger partial charge in [-0.2, -0.15) is 18.3 Å². The number of aryl methyl sites for hydroxylation is 1. The van der Waals surface area contributed by atoms with Crippen LogP contribution in [0.25, 0.3) is 0 Å². The standard InChI is InChI=1S/C19H15ClF3N3O2S/c1-26-17(29-14-5-3-2-4-6-14)15(16(25-26)19(21,22)23)11-28-18(27)24-13-9-7-12(20)8-10-13/h2-10H,11H2,1H3,(H,24,27). The van der Waals surface area contributed by atoms with Crippen molar-refractivity contribution in [1.29, 1.82) is 0 Å². The zero-order chi connectivity index (χ0) is 21.0. The van der Waals surface area contributed by atoms with Crippen molar-refractivity contribution in [2.45, 2.75) is 22.7 Å². The maximum Gasteiger partial charge on any atom is 0.435 e. The molecule has 0 aliphatic carbocycles. The number of rotatable bonds is 5. The van der Waals surface area contributed by atoms with Crippen molar-refractivity contribution in [2.24, 2.45) is 7.05 Å². The second-order valence-corrected chi connectivity index (χ2v) is 7.38. The van der Waals surface area contributed by atoms with Crippen LogP contribution in [0, 0.1) is 0 Å². The van der Waals surface area contributed by atoms with Gasteiger partial charge in [0.05, 0.1) is 5.56 Å². The van der Waals surface area contributed by atoms with Crippen LogP contribution < -0.4 is 5.32 Å². The minimum Gasteiger partial charge on any atom is -0.444 e. The second-order valence-electron chi connectivity index (χ2n) is 5.88. The van der Waals surface area contributed by atoms with Crippen molar-refractivity contribution in [1.82, 2.24) is 9.78 Å². The summed E-state index contributed by atoms with van der Waals surface area (Å²) in [7, 11) is 1.41. The molecule has 0 spiro atoms. The minimum absolute atomic E-state index is 0.208. The molecule has 0 saturated heterocycles. The summed E-state index contributed by atoms with van der Waals surface area (Å²) in [6, 6.07) is 15.1. The van der Waals surface area contributed by atoms with E-state index >= 15 is 0 Å². The number of benzene rings is 2. The summed E-state index contributed by atoms with van der Waals surface area (Å²) >= 11 is 6.88. The van der Waals surface area contributed by atoms with Crippen LogP contribution in [-0.4, -0.2) is 15.9 Å². The summed E-state index contributed by atoms with van der Waals surface area (Å²) < 4.78 is 46.5. The first-order valence-electron chi connectivity index (χ1n) is 8.29. The number of amides is 1. The number of halogens is 4. The molecule has 10 heteroatoms. The molecule has 0 atom stereocenters. The molecule has 1 aromatic heterocycles. The molecule has 152 valence electrons. The Morgan fingerprint density at radius 2 is 1.83 bits per heavy atom. The molecule has 0 bridgehead atoms. The molecule has 5 nitrogen and oxygen atoms in total. The fourth-order valence-corrected chi connectivity index (χ4v) is 3.56. The van der Waals surface area contributed by atoms with Crippen LogP contribution >= 0.6 is 23.4 Å². The highest BCUT2D eigenvalue weighted by molar-refractivity contribution is 7.99. The monoisotopic (exact) mass is 441 g/mol. The Balaban J connectivity index is 1.80. The highest BCUT2D eigenvalue weighted by Gasteiger charge is 2.39. The molecule has 0 fully saturated rings. The number of hydrogen-bond donors (Lipinski definition) is 1. The minimum atomic E-state index is -4.68. The van der Waals surface area contributed by atoms with Gasteiger partial charge in [0.25, 0.3) is 0 Å². The lowest BCUT2D eigenvalue weighted by atomic mass is 10.2. The first-order chi connectivity index (χ1) is 13.7. The second kappa shape index (κ2) is 8.79. The van der Waals surface area contributed by atoms with Crippen molar-refractivity contribution >= 4 is 35.1 Å². The summed E-state index contributed by atoms with van der Waals surface area (Å²) in [5, 5.41) is 6.75. The number of hydrogen-bond acceptors (Lipinski definition) is 4. The van der Waals surface area contributed by atoms with Gasteiger partial charge in [-0.3, -0.25) is 10.00 Å². The van der Waals surface area contributed by atoms with Crippen LogP contribution in [0.15, 0.2) is 64.5 Å². The van der Waals surface area contributed by atoms with Crippen LogP contribution in [0.4, 0.5) is 23.7 Å². The number of ether oxygens (including phenoxy) is 1. The lowest BCUT2D eigenvalue weighted by molar-refractivity contribution is -0.142. The fraction of sp³-hybridized carbons (Fsp3) is 0.158. The summed E-state index contributed by atoms with van der Waals surface area (Å²) in [6.07, 6.45) is -5.57. The van der Waals surface area contributed by atoms with Gasteiger partial charge in [0.15, 0.2) is 5.69 Å². The average Bonchev–Trinajstić information content (AvgIpc) is 2.99. The summed E-state index contributed by atoms with van der Waals surface area (Å²) in [4.78, 5) is 12.8. The van der Waals surface area contributed by atoms with Crippen LogP contribution in [0.2, 0.25) is 5.02 Å². The Morgan fingerprint density at radius 3 is 2.45 bits per heavy atom. The predicted molar refractivity (Wildman–Crippen MR) is 104 cm³/mol. The number of anilines is 1. The molecule has 3 rings (SSSR count). The van der Waals surface area contributed by atoms with Crippen molar-refractivity contribution in [3.8, 4) is 0 Å². The highest BCUT2D eigenvalue weighted by atomic mass is 35.5. The normalized spacial score (nSPS) is 11.3. The number of aromatic nitrogens is 2. The summed E-state index contributed by atoms with van der Waals surface area (Å²) in [5.41, 5.74) is -0.890. The van der Waals surface area contributed by atoms with E-state index in [2.05, 4.69) is 10.4 Å². The molecular formula is C19H15ClF3N3O2S. The molecule has 3 aromatic rings. The van der Waals surface area contributed by atoms with Gasteiger partial charge in [0.2, 0.25) is 0 Å². The third kappa shape index (κ3) is 5.45. The van der Waals surface area contributed by atoms with E-state index < -0.39 is 24.6 Å². The van der Waals surface area contributed by atoms with E-state index in [1.807, 2.05) is 0 Å². The Hall–Kier alpha value is -2.65. The Morgan fingerprint density at radius 1 is 1.17 bits per heavy atom. The van der Waals surface area contributed by atoms with E-state index in [9.17, 15) is 18.0 Å². The fourth-order valence-electron chi connectivity index (χ4n) is 2.46. The predicted octanol–water partition coefficient (Wildman–Crippen LogP) is 5.99. The average molecular weight is 442 g/mol. The number of alkyl halides is 3. The third-order valence-electron chi connectivity index (χ3n) is 3.75. The quantitative estimate of drug-likeness (QED) is 0.528. The van der Waals surface area contributed by atoms with Gasteiger partial charge >= 0.3 is 12.3 Å². The summed E-state index contributed by atoms with van der Waals surface area (Å²) in [5.74, 6) is 0. The molecule has 1 heterocycles. The van der Waals surface area contributed by atoms with Crippen LogP contribution in [0.3, 0.4) is 0 Å². The van der Waals surface area contributed by atoms with Gasteiger partial charge in [-0.15, -0.1) is 0 Å². The molecule has 0 radical (unpaired) electrons. The van der Waals surface area contributed by atoms with Gasteiger partial charge in [-0.25, -0.2) is 4.79 Å². The molecule has 0 aliphatic heterocycles. The molecule has 0 aliphatic rings. The third-order valence-corrected chi connectivity index (χ3v) is 5.22. The van der Waals surface area contributed by atoms with Gasteiger partial charge in [-0.05, 0) is 36.4 Å². The molecule has 0 unspecified atom stereocenters. The van der Waals surface area contributed by atoms with Gasteiger partial charge in [-0.1, -0.05) is 41.6 Å². The number of nitrogens with one attached hydrogen (secondary N) is 1. The van der Waals surface area contributed by atoms with Gasteiger partial charge in [0.1, 0.15) is 11.6 Å². The molecule has 2 aromatic carbocycles. The van der Waals surface area contributed by atoms with E-state index in [0.29, 0.717) is 10.7 Å². The Bertz CT molecular complexity index is 992. The number of carbonyl (C=O) groups is 1. The van der Waals surface area contributed by atoms with Crippen molar-refractivity contribution in [2.75, 3.05) is 5.32 Å². The van der Waals surface area contributed by atoms with Crippen molar-refractivity contribution in [3.05, 3.63) is 70.9 Å². The molecule has 29 heavy (non-hydrogen) atoms. The van der Waals surface area contributed by atoms with Gasteiger partial charge in [0, 0.05) is 22.7 Å². The SMILES string of the molecule is Cn1nc(C(F)(F)F)c(COC(=O)Nc2ccc(Cl)cc2)c1Sc1ccccc1. The maximum absolute atomic E-state index is 13.4. The largest absolute Gasteiger partial charge is 0.444 e. The highest BCUT2D eigenvalue weighted by Crippen LogP contribution is 2.38. The lowest BCUT2D eigenvalue weighted by Crippen LogP contribution is -2.15. The maximum atomic E-state index is 13.4. The number of nitrogens with zero attached hydrogens (tertiary/aromatic N) is 2. The smallest absolute Gasteiger partial charge is 0.435 e. The van der Waals surface area contributed by atoms with E-state index in [0.717, 1.165) is 21.3 Å². The van der Waals surface area contributed by atoms with E-state index in [1.54, 1.807) is 54.6 Å². The molecule has 0 saturated carbocycles. The van der Waals surface area contributed by atoms with E-state index in [4.69, 9.17) is 16.3 Å². The van der Waals surface area contributed by atoms with Crippen LogP contribution in [0.1, 0.15) is 11.3 Å². The first-order valence-corrected chi connectivity index (χ1v) is 9.49. The zero-order valence-electron chi connectivity index (χ0n) is 15.0. The zero-order valence-corrected chi connectivity index (χ0v) is 16.6. The number of carbonyl (C=O) groups excluding carboxylic acids is 1. The van der Waals surface area contributed by atoms with Crippen LogP contribution in [-0.2, 0) is 24.6 Å². The van der Waals surface area contributed by atoms with E-state index in [-0.39, 0.29) is 10.6 Å². The topological polar surface area (TPSA) is 56.2 Å². The van der Waals surface area contributed by atoms with Crippen molar-refractivity contribution < 1.29 is 22.7 Å². The Kier molecular flexibility index (Phi) is 6.39. The summed E-state index contributed by atoms with van der Waals surface area (Å²) in [6.45, 7) is -0.586. The lowest BCUT2D eigenvalue weighted by Gasteiger charge is -2.11. The van der Waals surface area contributed by atoms with Crippen LogP contribution in [0.5, 0.6) is 0 Å². The first kappa shape index (κ1) is 21.1. The van der Waals surface area contributed by atoms with Gasteiger partial charge < -0.3 is 4.74 Å². The van der Waals surface area contributed by atoms with E-state index in [1.165, 1.54) is 7.05 Å².